The van der Waals surface area contributed by atoms with Gasteiger partial charge >= 0.3 is 12.4 Å². The molecule has 18 heavy (non-hydrogen) atoms. The Morgan fingerprint density at radius 3 is 1.94 bits per heavy atom. The van der Waals surface area contributed by atoms with Gasteiger partial charge in [0, 0.05) is 12.1 Å². The van der Waals surface area contributed by atoms with Crippen LogP contribution in [0.1, 0.15) is 27.0 Å². The van der Waals surface area contributed by atoms with E-state index in [2.05, 4.69) is 0 Å². The normalized spacial score (nSPS) is 12.6. The van der Waals surface area contributed by atoms with Crippen LogP contribution in [-0.2, 0) is 18.9 Å². The zero-order valence-electron chi connectivity index (χ0n) is 8.69. The van der Waals surface area contributed by atoms with Gasteiger partial charge in [0.1, 0.15) is 6.29 Å². The maximum Gasteiger partial charge on any atom is 0.417 e. The fourth-order valence-corrected chi connectivity index (χ4v) is 1.55. The van der Waals surface area contributed by atoms with Crippen molar-refractivity contribution >= 4 is 6.29 Å². The molecule has 0 radical (unpaired) electrons. The third-order valence-electron chi connectivity index (χ3n) is 2.27. The fraction of sp³-hybridized carbons (Fsp3) is 0.300. The number of benzene rings is 1. The second-order valence-electron chi connectivity index (χ2n) is 3.37. The molecule has 0 bridgehead atoms. The van der Waals surface area contributed by atoms with Crippen molar-refractivity contribution in [3.63, 3.8) is 0 Å². The highest BCUT2D eigenvalue weighted by Gasteiger charge is 2.45. The van der Waals surface area contributed by atoms with Gasteiger partial charge in [0.15, 0.2) is 0 Å². The monoisotopic (exact) mass is 271 g/mol. The Hall–Kier alpha value is -1.57. The van der Waals surface area contributed by atoms with E-state index in [1.807, 2.05) is 0 Å². The molecule has 0 aliphatic carbocycles. The van der Waals surface area contributed by atoms with Crippen LogP contribution >= 0.6 is 0 Å². The molecule has 0 amide bonds. The van der Waals surface area contributed by atoms with Gasteiger partial charge in [-0.3, -0.25) is 4.79 Å². The van der Waals surface area contributed by atoms with Gasteiger partial charge in [-0.25, -0.2) is 0 Å². The first kappa shape index (κ1) is 14.5. The molecule has 1 aromatic carbocycles. The first-order valence-corrected chi connectivity index (χ1v) is 4.58. The van der Waals surface area contributed by atoms with Crippen molar-refractivity contribution in [2.75, 3.05) is 0 Å². The van der Waals surface area contributed by atoms with Crippen LogP contribution in [0.2, 0.25) is 0 Å². The van der Waals surface area contributed by atoms with Crippen LogP contribution in [0, 0.1) is 0 Å². The predicted octanol–water partition coefficient (Wildman–Crippen LogP) is 3.00. The number of hydrogen-bond acceptors (Lipinski definition) is 2. The Balaban J connectivity index is 3.71. The summed E-state index contributed by atoms with van der Waals surface area (Å²) in [6.45, 7) is -0.813. The molecule has 2 N–H and O–H groups in total. The Labute approximate surface area is 97.4 Å². The van der Waals surface area contributed by atoms with Crippen LogP contribution < -0.4 is 5.73 Å². The van der Waals surface area contributed by atoms with E-state index >= 15 is 0 Å². The van der Waals surface area contributed by atoms with Gasteiger partial charge in [0.05, 0.1) is 11.1 Å². The standard InChI is InChI=1S/C10H7F6NO/c11-9(12,13)7-2-1-5(4-18)6(3-17)8(7)10(14,15)16/h1-2,4H,3,17H2. The Morgan fingerprint density at radius 2 is 1.61 bits per heavy atom. The van der Waals surface area contributed by atoms with Crippen molar-refractivity contribution in [3.05, 3.63) is 34.4 Å². The summed E-state index contributed by atoms with van der Waals surface area (Å²) < 4.78 is 75.5. The number of halogens is 6. The molecule has 1 aromatic rings. The van der Waals surface area contributed by atoms with Gasteiger partial charge in [-0.1, -0.05) is 6.07 Å². The molecule has 0 atom stereocenters. The Kier molecular flexibility index (Phi) is 3.70. The average molecular weight is 271 g/mol. The van der Waals surface area contributed by atoms with Crippen LogP contribution in [0.25, 0.3) is 0 Å². The SMILES string of the molecule is NCc1c(C=O)ccc(C(F)(F)F)c1C(F)(F)F. The summed E-state index contributed by atoms with van der Waals surface area (Å²) in [6, 6.07) is 0.902. The van der Waals surface area contributed by atoms with Crippen LogP contribution in [0.15, 0.2) is 12.1 Å². The summed E-state index contributed by atoms with van der Waals surface area (Å²) in [5.41, 5.74) is -0.0938. The van der Waals surface area contributed by atoms with Crippen molar-refractivity contribution in [3.8, 4) is 0 Å². The molecule has 8 heteroatoms. The number of hydrogen-bond donors (Lipinski definition) is 1. The minimum atomic E-state index is -5.24. The largest absolute Gasteiger partial charge is 0.417 e. The highest BCUT2D eigenvalue weighted by molar-refractivity contribution is 5.78. The lowest BCUT2D eigenvalue weighted by Gasteiger charge is -2.19. The highest BCUT2D eigenvalue weighted by Crippen LogP contribution is 2.42. The lowest BCUT2D eigenvalue weighted by atomic mass is 9.95. The smallest absolute Gasteiger partial charge is 0.326 e. The van der Waals surface area contributed by atoms with E-state index in [-0.39, 0.29) is 12.4 Å². The topological polar surface area (TPSA) is 43.1 Å². The van der Waals surface area contributed by atoms with Crippen molar-refractivity contribution in [2.24, 2.45) is 5.73 Å². The van der Waals surface area contributed by atoms with E-state index in [1.54, 1.807) is 0 Å². The van der Waals surface area contributed by atoms with Gasteiger partial charge in [-0.15, -0.1) is 0 Å². The van der Waals surface area contributed by atoms with E-state index in [0.29, 0.717) is 6.07 Å². The lowest BCUT2D eigenvalue weighted by Crippen LogP contribution is -2.21. The lowest BCUT2D eigenvalue weighted by molar-refractivity contribution is -0.162. The maximum absolute atomic E-state index is 12.7. The molecule has 100 valence electrons. The van der Waals surface area contributed by atoms with Crippen LogP contribution in [-0.4, -0.2) is 6.29 Å². The third kappa shape index (κ3) is 2.63. The minimum Gasteiger partial charge on any atom is -0.326 e. The van der Waals surface area contributed by atoms with Crippen molar-refractivity contribution in [2.45, 2.75) is 18.9 Å². The average Bonchev–Trinajstić information content (AvgIpc) is 2.24. The summed E-state index contributed by atoms with van der Waals surface area (Å²) in [5.74, 6) is 0. The first-order chi connectivity index (χ1) is 8.12. The fourth-order valence-electron chi connectivity index (χ4n) is 1.55. The zero-order chi connectivity index (χ0) is 14.1. The van der Waals surface area contributed by atoms with Crippen LogP contribution in [0.3, 0.4) is 0 Å². The Morgan fingerprint density at radius 1 is 1.06 bits per heavy atom. The van der Waals surface area contributed by atoms with Crippen LogP contribution in [0.4, 0.5) is 26.3 Å². The van der Waals surface area contributed by atoms with E-state index in [0.717, 1.165) is 0 Å². The van der Waals surface area contributed by atoms with Crippen LogP contribution in [0.5, 0.6) is 0 Å². The number of alkyl halides is 6. The van der Waals surface area contributed by atoms with Crippen molar-refractivity contribution in [1.29, 1.82) is 0 Å². The molecule has 0 aliphatic heterocycles. The quantitative estimate of drug-likeness (QED) is 0.663. The van der Waals surface area contributed by atoms with E-state index in [4.69, 9.17) is 5.73 Å². The van der Waals surface area contributed by atoms with E-state index in [1.165, 1.54) is 0 Å². The second-order valence-corrected chi connectivity index (χ2v) is 3.37. The molecule has 0 heterocycles. The third-order valence-corrected chi connectivity index (χ3v) is 2.27. The Bertz CT molecular complexity index is 463. The molecule has 1 rings (SSSR count). The first-order valence-electron chi connectivity index (χ1n) is 4.58. The highest BCUT2D eigenvalue weighted by atomic mass is 19.4. The number of nitrogens with two attached hydrogens (primary N) is 1. The number of aldehydes is 1. The summed E-state index contributed by atoms with van der Waals surface area (Å²) in [4.78, 5) is 10.5. The molecule has 0 aromatic heterocycles. The molecule has 0 aliphatic rings. The van der Waals surface area contributed by atoms with Gasteiger partial charge in [0.25, 0.3) is 0 Å². The summed E-state index contributed by atoms with van der Waals surface area (Å²) in [5, 5.41) is 0. The number of carbonyl (C=O) groups is 1. The molecule has 0 fully saturated rings. The molecule has 0 spiro atoms. The molecule has 2 nitrogen and oxygen atoms in total. The molecular formula is C10H7F6NO. The van der Waals surface area contributed by atoms with Gasteiger partial charge in [0.2, 0.25) is 0 Å². The van der Waals surface area contributed by atoms with Crippen molar-refractivity contribution < 1.29 is 31.1 Å². The van der Waals surface area contributed by atoms with Crippen molar-refractivity contribution in [1.82, 2.24) is 0 Å². The summed E-state index contributed by atoms with van der Waals surface area (Å²) in [6.07, 6.45) is -10.4. The molecule has 0 unspecified atom stereocenters. The van der Waals surface area contributed by atoms with E-state index in [9.17, 15) is 31.1 Å². The summed E-state index contributed by atoms with van der Waals surface area (Å²) >= 11 is 0. The second kappa shape index (κ2) is 4.60. The minimum absolute atomic E-state index is 0.0393. The maximum atomic E-state index is 12.7. The molecular weight excluding hydrogens is 264 g/mol. The summed E-state index contributed by atoms with van der Waals surface area (Å²) in [7, 11) is 0. The van der Waals surface area contributed by atoms with Gasteiger partial charge in [-0.2, -0.15) is 26.3 Å². The number of rotatable bonds is 2. The molecule has 0 saturated carbocycles. The van der Waals surface area contributed by atoms with E-state index < -0.39 is 41.2 Å². The molecule has 0 saturated heterocycles. The number of carbonyl (C=O) groups excluding carboxylic acids is 1. The zero-order valence-corrected chi connectivity index (χ0v) is 8.69. The predicted molar refractivity (Wildman–Crippen MR) is 49.7 cm³/mol. The van der Waals surface area contributed by atoms with Gasteiger partial charge < -0.3 is 5.73 Å². The van der Waals surface area contributed by atoms with Gasteiger partial charge in [-0.05, 0) is 11.6 Å².